The summed E-state index contributed by atoms with van der Waals surface area (Å²) in [6.07, 6.45) is 0.523. The molecule has 1 aromatic heterocycles. The molecule has 3 aromatic rings. The summed E-state index contributed by atoms with van der Waals surface area (Å²) < 4.78 is 40.0. The highest BCUT2D eigenvalue weighted by molar-refractivity contribution is 6.06. The first-order valence-electron chi connectivity index (χ1n) is 7.59. The number of H-pyrrole nitrogens is 1. The number of carbonyl (C=O) groups is 1. The highest BCUT2D eigenvalue weighted by Gasteiger charge is 2.18. The molecule has 2 aromatic carbocycles. The number of nitrogens with zero attached hydrogens (tertiary/aromatic N) is 1. The van der Waals surface area contributed by atoms with E-state index in [2.05, 4.69) is 15.5 Å². The predicted octanol–water partition coefficient (Wildman–Crippen LogP) is 4.31. The van der Waals surface area contributed by atoms with Crippen LogP contribution >= 0.6 is 0 Å². The number of aromatic amines is 1. The lowest BCUT2D eigenvalue weighted by atomic mass is 10.1. The monoisotopic (exact) mass is 345 g/mol. The second kappa shape index (κ2) is 6.80. The van der Waals surface area contributed by atoms with Crippen LogP contribution < -0.4 is 5.32 Å². The van der Waals surface area contributed by atoms with Crippen LogP contribution in [0.3, 0.4) is 0 Å². The van der Waals surface area contributed by atoms with Gasteiger partial charge >= 0.3 is 0 Å². The third kappa shape index (κ3) is 3.40. The van der Waals surface area contributed by atoms with Crippen LogP contribution in [-0.2, 0) is 6.42 Å². The van der Waals surface area contributed by atoms with Crippen LogP contribution in [0.2, 0.25) is 0 Å². The summed E-state index contributed by atoms with van der Waals surface area (Å²) in [7, 11) is 0. The van der Waals surface area contributed by atoms with Crippen molar-refractivity contribution in [1.29, 1.82) is 0 Å². The maximum atomic E-state index is 13.5. The number of aromatic nitrogens is 2. The van der Waals surface area contributed by atoms with Gasteiger partial charge in [-0.3, -0.25) is 9.89 Å². The Morgan fingerprint density at radius 2 is 1.92 bits per heavy atom. The maximum Gasteiger partial charge on any atom is 0.255 e. The molecule has 25 heavy (non-hydrogen) atoms. The van der Waals surface area contributed by atoms with Crippen LogP contribution in [0, 0.1) is 17.5 Å². The van der Waals surface area contributed by atoms with Crippen molar-refractivity contribution in [2.24, 2.45) is 0 Å². The van der Waals surface area contributed by atoms with Crippen molar-refractivity contribution in [1.82, 2.24) is 10.2 Å². The highest BCUT2D eigenvalue weighted by atomic mass is 19.2. The minimum atomic E-state index is -1.01. The van der Waals surface area contributed by atoms with Crippen LogP contribution in [0.15, 0.2) is 42.5 Å². The quantitative estimate of drug-likeness (QED) is 0.740. The fourth-order valence-corrected chi connectivity index (χ4v) is 2.44. The summed E-state index contributed by atoms with van der Waals surface area (Å²) in [6, 6.07) is 8.60. The number of aryl methyl sites for hydroxylation is 1. The van der Waals surface area contributed by atoms with E-state index in [1.54, 1.807) is 0 Å². The van der Waals surface area contributed by atoms with Crippen LogP contribution in [0.25, 0.3) is 11.3 Å². The molecule has 7 heteroatoms. The van der Waals surface area contributed by atoms with E-state index in [9.17, 15) is 18.0 Å². The van der Waals surface area contributed by atoms with Crippen molar-refractivity contribution in [3.63, 3.8) is 0 Å². The molecule has 0 bridgehead atoms. The summed E-state index contributed by atoms with van der Waals surface area (Å²) in [5, 5.41) is 9.53. The van der Waals surface area contributed by atoms with E-state index in [1.165, 1.54) is 24.3 Å². The van der Waals surface area contributed by atoms with Gasteiger partial charge in [-0.1, -0.05) is 13.0 Å². The maximum absolute atomic E-state index is 13.5. The zero-order chi connectivity index (χ0) is 18.0. The molecule has 0 unspecified atom stereocenters. The Labute approximate surface area is 141 Å². The van der Waals surface area contributed by atoms with Gasteiger partial charge in [0.1, 0.15) is 11.5 Å². The molecule has 0 aliphatic heterocycles. The van der Waals surface area contributed by atoms with E-state index in [-0.39, 0.29) is 11.3 Å². The fraction of sp³-hybridized carbons (Fsp3) is 0.111. The van der Waals surface area contributed by atoms with Crippen LogP contribution in [-0.4, -0.2) is 16.1 Å². The second-order valence-corrected chi connectivity index (χ2v) is 5.37. The summed E-state index contributed by atoms with van der Waals surface area (Å²) in [6.45, 7) is 1.85. The number of benzene rings is 2. The summed E-state index contributed by atoms with van der Waals surface area (Å²) >= 11 is 0. The molecule has 0 saturated carbocycles. The van der Waals surface area contributed by atoms with Gasteiger partial charge in [-0.15, -0.1) is 0 Å². The Kier molecular flexibility index (Phi) is 4.56. The lowest BCUT2D eigenvalue weighted by molar-refractivity contribution is 0.102. The molecule has 0 atom stereocenters. The minimum Gasteiger partial charge on any atom is -0.319 e. The van der Waals surface area contributed by atoms with Crippen molar-refractivity contribution in [2.75, 3.05) is 5.32 Å². The van der Waals surface area contributed by atoms with E-state index in [0.29, 0.717) is 23.4 Å². The molecule has 0 fully saturated rings. The average Bonchev–Trinajstić information content (AvgIpc) is 3.00. The van der Waals surface area contributed by atoms with Crippen molar-refractivity contribution in [3.05, 3.63) is 71.2 Å². The predicted molar refractivity (Wildman–Crippen MR) is 87.7 cm³/mol. The molecule has 1 amide bonds. The lowest BCUT2D eigenvalue weighted by Crippen LogP contribution is -2.13. The van der Waals surface area contributed by atoms with E-state index < -0.39 is 23.4 Å². The van der Waals surface area contributed by atoms with Gasteiger partial charge in [0.05, 0.1) is 11.4 Å². The van der Waals surface area contributed by atoms with Gasteiger partial charge in [0.15, 0.2) is 11.6 Å². The van der Waals surface area contributed by atoms with Crippen LogP contribution in [0.4, 0.5) is 18.9 Å². The summed E-state index contributed by atoms with van der Waals surface area (Å²) in [4.78, 5) is 12.4. The van der Waals surface area contributed by atoms with Gasteiger partial charge in [0, 0.05) is 11.1 Å². The van der Waals surface area contributed by atoms with E-state index in [1.807, 2.05) is 6.92 Å². The Hall–Kier alpha value is -3.09. The smallest absolute Gasteiger partial charge is 0.255 e. The Bertz CT molecular complexity index is 937. The molecule has 128 valence electrons. The van der Waals surface area contributed by atoms with Gasteiger partial charge in [-0.2, -0.15) is 5.10 Å². The van der Waals surface area contributed by atoms with Crippen molar-refractivity contribution < 1.29 is 18.0 Å². The van der Waals surface area contributed by atoms with Crippen molar-refractivity contribution in [2.45, 2.75) is 13.3 Å². The largest absolute Gasteiger partial charge is 0.319 e. The first kappa shape index (κ1) is 16.8. The summed E-state index contributed by atoms with van der Waals surface area (Å²) in [5.41, 5.74) is 1.69. The minimum absolute atomic E-state index is 0.138. The molecule has 3 rings (SSSR count). The van der Waals surface area contributed by atoms with Gasteiger partial charge < -0.3 is 5.32 Å². The number of hydrogen-bond donors (Lipinski definition) is 2. The highest BCUT2D eigenvalue weighted by Crippen LogP contribution is 2.30. The number of anilines is 1. The molecule has 0 spiro atoms. The molecule has 0 saturated heterocycles. The van der Waals surface area contributed by atoms with Crippen molar-refractivity contribution in [3.8, 4) is 11.3 Å². The fourth-order valence-electron chi connectivity index (χ4n) is 2.44. The Balaban J connectivity index is 1.99. The zero-order valence-corrected chi connectivity index (χ0v) is 13.2. The normalized spacial score (nSPS) is 10.7. The van der Waals surface area contributed by atoms with Crippen molar-refractivity contribution >= 4 is 11.6 Å². The molecular formula is C18H14F3N3O. The van der Waals surface area contributed by atoms with Gasteiger partial charge in [0.25, 0.3) is 5.91 Å². The van der Waals surface area contributed by atoms with Gasteiger partial charge in [0.2, 0.25) is 0 Å². The number of carbonyl (C=O) groups excluding carboxylic acids is 1. The molecule has 1 heterocycles. The van der Waals surface area contributed by atoms with Gasteiger partial charge in [-0.25, -0.2) is 13.2 Å². The lowest BCUT2D eigenvalue weighted by Gasteiger charge is -2.08. The topological polar surface area (TPSA) is 57.8 Å². The average molecular weight is 345 g/mol. The third-order valence-corrected chi connectivity index (χ3v) is 3.71. The van der Waals surface area contributed by atoms with Gasteiger partial charge in [-0.05, 0) is 42.8 Å². The molecule has 0 aliphatic rings. The summed E-state index contributed by atoms with van der Waals surface area (Å²) in [5.74, 6) is -3.04. The second-order valence-electron chi connectivity index (χ2n) is 5.37. The molecule has 4 nitrogen and oxygen atoms in total. The number of hydrogen-bond acceptors (Lipinski definition) is 2. The SMILES string of the molecule is CCc1[nH]nc(-c2ccc(F)c(F)c2)c1NC(=O)c1cccc(F)c1. The first-order chi connectivity index (χ1) is 12.0. The number of rotatable bonds is 4. The van der Waals surface area contributed by atoms with Crippen LogP contribution in [0.5, 0.6) is 0 Å². The van der Waals surface area contributed by atoms with E-state index in [4.69, 9.17) is 0 Å². The Morgan fingerprint density at radius 3 is 2.60 bits per heavy atom. The number of nitrogens with one attached hydrogen (secondary N) is 2. The third-order valence-electron chi connectivity index (χ3n) is 3.71. The van der Waals surface area contributed by atoms with E-state index >= 15 is 0 Å². The Morgan fingerprint density at radius 1 is 1.12 bits per heavy atom. The molecule has 2 N–H and O–H groups in total. The number of amides is 1. The molecular weight excluding hydrogens is 331 g/mol. The number of halogens is 3. The van der Waals surface area contributed by atoms with E-state index in [0.717, 1.165) is 18.2 Å². The molecule has 0 aliphatic carbocycles. The molecule has 0 radical (unpaired) electrons. The standard InChI is InChI=1S/C18H14F3N3O/c1-2-15-17(22-18(25)11-4-3-5-12(19)8-11)16(24-23-15)10-6-7-13(20)14(21)9-10/h3-9H,2H2,1H3,(H,22,25)(H,23,24). The van der Waals surface area contributed by atoms with Crippen LogP contribution in [0.1, 0.15) is 23.0 Å². The first-order valence-corrected chi connectivity index (χ1v) is 7.59. The zero-order valence-electron chi connectivity index (χ0n) is 13.2.